The lowest BCUT2D eigenvalue weighted by Gasteiger charge is -2.07. The molecule has 0 saturated carbocycles. The van der Waals surface area contributed by atoms with Crippen LogP contribution in [0.25, 0.3) is 0 Å². The zero-order valence-electron chi connectivity index (χ0n) is 11.7. The zero-order chi connectivity index (χ0) is 16.1. The van der Waals surface area contributed by atoms with Gasteiger partial charge in [0.05, 0.1) is 18.5 Å². The Morgan fingerprint density at radius 2 is 2.09 bits per heavy atom. The minimum Gasteiger partial charge on any atom is -0.505 e. The van der Waals surface area contributed by atoms with Crippen LogP contribution in [0.15, 0.2) is 40.0 Å². The quantitative estimate of drug-likeness (QED) is 0.572. The maximum absolute atomic E-state index is 11.9. The van der Waals surface area contributed by atoms with E-state index in [4.69, 9.17) is 0 Å². The van der Waals surface area contributed by atoms with E-state index in [2.05, 4.69) is 31.4 Å². The average molecular weight is 364 g/mol. The van der Waals surface area contributed by atoms with E-state index in [1.165, 1.54) is 12.4 Å². The summed E-state index contributed by atoms with van der Waals surface area (Å²) in [4.78, 5) is 15.8. The number of pyridine rings is 1. The molecular weight excluding hydrogens is 350 g/mol. The topological polar surface area (TPSA) is 94.8 Å². The summed E-state index contributed by atoms with van der Waals surface area (Å²) in [5, 5.41) is 23.0. The van der Waals surface area contributed by atoms with Crippen LogP contribution >= 0.6 is 15.9 Å². The summed E-state index contributed by atoms with van der Waals surface area (Å²) < 4.78 is 0.873. The molecule has 0 aliphatic rings. The summed E-state index contributed by atoms with van der Waals surface area (Å²) in [6.07, 6.45) is 2.74. The van der Waals surface area contributed by atoms with Crippen LogP contribution in [0.2, 0.25) is 0 Å². The number of carbonyl (C=O) groups is 1. The molecule has 22 heavy (non-hydrogen) atoms. The molecule has 2 rings (SSSR count). The molecule has 114 valence electrons. The fourth-order valence-electron chi connectivity index (χ4n) is 1.74. The predicted octanol–water partition coefficient (Wildman–Crippen LogP) is 2.11. The molecule has 0 radical (unpaired) electrons. The van der Waals surface area contributed by atoms with Crippen LogP contribution < -0.4 is 5.43 Å². The molecule has 1 aromatic carbocycles. The number of aliphatic hydroxyl groups excluding tert-OH is 1. The highest BCUT2D eigenvalue weighted by Gasteiger charge is 2.09. The number of carbonyl (C=O) groups excluding carboxylic acids is 1. The number of aromatic hydroxyl groups is 1. The molecule has 1 heterocycles. The van der Waals surface area contributed by atoms with E-state index in [-0.39, 0.29) is 18.3 Å². The second-order valence-corrected chi connectivity index (χ2v) is 5.41. The molecular formula is C15H14BrN3O3. The van der Waals surface area contributed by atoms with Gasteiger partial charge in [0.2, 0.25) is 0 Å². The Balaban J connectivity index is 2.14. The first-order valence-electron chi connectivity index (χ1n) is 6.40. The molecule has 0 aliphatic carbocycles. The summed E-state index contributed by atoms with van der Waals surface area (Å²) in [5.74, 6) is -0.451. The van der Waals surface area contributed by atoms with E-state index >= 15 is 0 Å². The van der Waals surface area contributed by atoms with Crippen molar-refractivity contribution in [2.24, 2.45) is 5.10 Å². The molecule has 7 heteroatoms. The van der Waals surface area contributed by atoms with Gasteiger partial charge in [-0.15, -0.1) is 0 Å². The predicted molar refractivity (Wildman–Crippen MR) is 85.8 cm³/mol. The Morgan fingerprint density at radius 1 is 1.41 bits per heavy atom. The smallest absolute Gasteiger partial charge is 0.271 e. The van der Waals surface area contributed by atoms with Gasteiger partial charge in [0.1, 0.15) is 5.75 Å². The minimum atomic E-state index is -0.375. The Bertz CT molecular complexity index is 715. The molecule has 0 spiro atoms. The van der Waals surface area contributed by atoms with Gasteiger partial charge >= 0.3 is 0 Å². The number of rotatable bonds is 4. The molecule has 0 atom stereocenters. The Morgan fingerprint density at radius 3 is 2.73 bits per heavy atom. The molecule has 0 fully saturated rings. The minimum absolute atomic E-state index is 0.0757. The van der Waals surface area contributed by atoms with Gasteiger partial charge in [-0.3, -0.25) is 9.78 Å². The van der Waals surface area contributed by atoms with Crippen molar-refractivity contribution in [1.82, 2.24) is 10.4 Å². The van der Waals surface area contributed by atoms with Crippen LogP contribution in [0.5, 0.6) is 5.75 Å². The summed E-state index contributed by atoms with van der Waals surface area (Å²) in [6, 6.07) is 6.81. The molecule has 6 nitrogen and oxygen atoms in total. The molecule has 0 saturated heterocycles. The van der Waals surface area contributed by atoms with Crippen molar-refractivity contribution in [3.63, 3.8) is 0 Å². The number of amides is 1. The van der Waals surface area contributed by atoms with Crippen LogP contribution in [0, 0.1) is 6.92 Å². The molecule has 3 N–H and O–H groups in total. The average Bonchev–Trinajstić information content (AvgIpc) is 2.52. The summed E-state index contributed by atoms with van der Waals surface area (Å²) in [7, 11) is 0. The van der Waals surface area contributed by atoms with Crippen molar-refractivity contribution in [2.75, 3.05) is 0 Å². The Kier molecular flexibility index (Phi) is 5.24. The van der Waals surface area contributed by atoms with Crippen LogP contribution in [-0.4, -0.2) is 27.3 Å². The number of aryl methyl sites for hydroxylation is 1. The van der Waals surface area contributed by atoms with Gasteiger partial charge in [-0.25, -0.2) is 5.43 Å². The molecule has 0 unspecified atom stereocenters. The number of hydrazone groups is 1. The number of halogens is 1. The van der Waals surface area contributed by atoms with Crippen LogP contribution in [0.3, 0.4) is 0 Å². The summed E-state index contributed by atoms with van der Waals surface area (Å²) in [5.41, 5.74) is 3.98. The highest BCUT2D eigenvalue weighted by atomic mass is 79.9. The lowest BCUT2D eigenvalue weighted by atomic mass is 10.1. The van der Waals surface area contributed by atoms with Gasteiger partial charge in [-0.2, -0.15) is 5.10 Å². The van der Waals surface area contributed by atoms with Gasteiger partial charge in [0.25, 0.3) is 5.91 Å². The van der Waals surface area contributed by atoms with Crippen molar-refractivity contribution in [3.05, 3.63) is 57.3 Å². The maximum Gasteiger partial charge on any atom is 0.271 e. The SMILES string of the molecule is Cc1ncc(CO)c(/C=N\NC(=O)c2ccc(Br)cc2)c1O. The normalized spacial score (nSPS) is 10.9. The first kappa shape index (κ1) is 16.1. The Labute approximate surface area is 135 Å². The standard InChI is InChI=1S/C15H14BrN3O3/c1-9-14(21)13(11(8-20)6-17-9)7-18-19-15(22)10-2-4-12(16)5-3-10/h2-7,20-21H,8H2,1H3,(H,19,22)/b18-7-. The lowest BCUT2D eigenvalue weighted by Crippen LogP contribution is -2.17. The van der Waals surface area contributed by atoms with Crippen molar-refractivity contribution in [1.29, 1.82) is 0 Å². The molecule has 0 bridgehead atoms. The van der Waals surface area contributed by atoms with Crippen molar-refractivity contribution in [2.45, 2.75) is 13.5 Å². The van der Waals surface area contributed by atoms with Gasteiger partial charge in [0, 0.05) is 27.4 Å². The van der Waals surface area contributed by atoms with E-state index in [0.29, 0.717) is 22.4 Å². The first-order valence-corrected chi connectivity index (χ1v) is 7.19. The van der Waals surface area contributed by atoms with Gasteiger partial charge in [-0.05, 0) is 31.2 Å². The number of hydrogen-bond donors (Lipinski definition) is 3. The van der Waals surface area contributed by atoms with Crippen molar-refractivity contribution < 1.29 is 15.0 Å². The summed E-state index contributed by atoms with van der Waals surface area (Å²) in [6.45, 7) is 1.34. The highest BCUT2D eigenvalue weighted by Crippen LogP contribution is 2.21. The van der Waals surface area contributed by atoms with Crippen LogP contribution in [0.4, 0.5) is 0 Å². The number of hydrogen-bond acceptors (Lipinski definition) is 5. The van der Waals surface area contributed by atoms with Crippen LogP contribution in [0.1, 0.15) is 27.2 Å². The second kappa shape index (κ2) is 7.15. The van der Waals surface area contributed by atoms with E-state index in [0.717, 1.165) is 4.47 Å². The summed E-state index contributed by atoms with van der Waals surface area (Å²) >= 11 is 3.29. The largest absolute Gasteiger partial charge is 0.505 e. The third-order valence-electron chi connectivity index (χ3n) is 2.99. The number of aliphatic hydroxyl groups is 1. The van der Waals surface area contributed by atoms with E-state index in [1.54, 1.807) is 31.2 Å². The third kappa shape index (κ3) is 3.69. The molecule has 0 aliphatic heterocycles. The molecule has 1 amide bonds. The van der Waals surface area contributed by atoms with Crippen molar-refractivity contribution >= 4 is 28.1 Å². The van der Waals surface area contributed by atoms with Crippen molar-refractivity contribution in [3.8, 4) is 5.75 Å². The van der Waals surface area contributed by atoms with Gasteiger partial charge in [-0.1, -0.05) is 15.9 Å². The fourth-order valence-corrected chi connectivity index (χ4v) is 2.01. The van der Waals surface area contributed by atoms with Crippen LogP contribution in [-0.2, 0) is 6.61 Å². The number of nitrogens with one attached hydrogen (secondary N) is 1. The van der Waals surface area contributed by atoms with E-state index < -0.39 is 0 Å². The van der Waals surface area contributed by atoms with Gasteiger partial charge < -0.3 is 10.2 Å². The van der Waals surface area contributed by atoms with Gasteiger partial charge in [0.15, 0.2) is 0 Å². The monoisotopic (exact) mass is 363 g/mol. The number of aromatic nitrogens is 1. The fraction of sp³-hybridized carbons (Fsp3) is 0.133. The highest BCUT2D eigenvalue weighted by molar-refractivity contribution is 9.10. The number of nitrogens with zero attached hydrogens (tertiary/aromatic N) is 2. The second-order valence-electron chi connectivity index (χ2n) is 4.50. The lowest BCUT2D eigenvalue weighted by molar-refractivity contribution is 0.0955. The maximum atomic E-state index is 11.9. The molecule has 2 aromatic rings. The van der Waals surface area contributed by atoms with E-state index in [1.807, 2.05) is 0 Å². The Hall–Kier alpha value is -2.25. The first-order chi connectivity index (χ1) is 10.5. The van der Waals surface area contributed by atoms with E-state index in [9.17, 15) is 15.0 Å². The zero-order valence-corrected chi connectivity index (χ0v) is 13.3. The molecule has 1 aromatic heterocycles. The number of benzene rings is 1. The third-order valence-corrected chi connectivity index (χ3v) is 3.52.